The lowest BCUT2D eigenvalue weighted by atomic mass is 9.99. The highest BCUT2D eigenvalue weighted by atomic mass is 32.2. The van der Waals surface area contributed by atoms with E-state index in [1.165, 1.54) is 6.20 Å². The molecule has 0 aliphatic rings. The van der Waals surface area contributed by atoms with Gasteiger partial charge in [-0.2, -0.15) is 5.10 Å². The number of hydrogen-bond donors (Lipinski definition) is 1. The molecule has 0 spiro atoms. The molecule has 0 fully saturated rings. The highest BCUT2D eigenvalue weighted by Gasteiger charge is 2.14. The van der Waals surface area contributed by atoms with Crippen molar-refractivity contribution in [2.75, 3.05) is 4.72 Å². The Labute approximate surface area is 185 Å². The summed E-state index contributed by atoms with van der Waals surface area (Å²) >= 11 is 0. The molecule has 0 radical (unpaired) electrons. The average Bonchev–Trinajstić information content (AvgIpc) is 3.25. The zero-order valence-electron chi connectivity index (χ0n) is 17.2. The van der Waals surface area contributed by atoms with Gasteiger partial charge in [0, 0.05) is 42.2 Å². The van der Waals surface area contributed by atoms with Gasteiger partial charge in [-0.05, 0) is 47.5 Å². The molecule has 3 aromatic heterocycles. The summed E-state index contributed by atoms with van der Waals surface area (Å²) in [6, 6.07) is 17.9. The molecule has 0 amide bonds. The molecule has 0 atom stereocenters. The standard InChI is InChI=1S/C24H19N5O2S/c1-29-16-19(14-27-29)22-9-10-26-24-8-7-17(12-23(22)24)18-11-20(15-25-13-18)28-32(30,31)21-5-3-2-4-6-21/h2-16,28H,1H3. The van der Waals surface area contributed by atoms with E-state index in [4.69, 9.17) is 0 Å². The number of aromatic nitrogens is 4. The minimum atomic E-state index is -3.70. The normalized spacial score (nSPS) is 11.5. The van der Waals surface area contributed by atoms with Crippen LogP contribution in [0.4, 0.5) is 5.69 Å². The predicted octanol–water partition coefficient (Wildman–Crippen LogP) is 4.50. The van der Waals surface area contributed by atoms with E-state index in [1.54, 1.807) is 53.5 Å². The quantitative estimate of drug-likeness (QED) is 0.434. The molecule has 1 N–H and O–H groups in total. The number of pyridine rings is 2. The number of benzene rings is 2. The third-order valence-corrected chi connectivity index (χ3v) is 6.53. The molecule has 3 heterocycles. The molecular weight excluding hydrogens is 422 g/mol. The van der Waals surface area contributed by atoms with Gasteiger partial charge in [0.25, 0.3) is 10.0 Å². The highest BCUT2D eigenvalue weighted by Crippen LogP contribution is 2.31. The van der Waals surface area contributed by atoms with Crippen LogP contribution < -0.4 is 4.72 Å². The highest BCUT2D eigenvalue weighted by molar-refractivity contribution is 7.92. The Hall–Kier alpha value is -4.04. The first-order valence-electron chi connectivity index (χ1n) is 9.91. The molecule has 8 heteroatoms. The molecule has 32 heavy (non-hydrogen) atoms. The van der Waals surface area contributed by atoms with Crippen molar-refractivity contribution in [2.24, 2.45) is 7.05 Å². The van der Waals surface area contributed by atoms with Gasteiger partial charge in [-0.1, -0.05) is 24.3 Å². The Balaban J connectivity index is 1.54. The molecular formula is C24H19N5O2S. The van der Waals surface area contributed by atoms with Crippen molar-refractivity contribution < 1.29 is 8.42 Å². The van der Waals surface area contributed by atoms with Crippen LogP contribution in [0.3, 0.4) is 0 Å². The summed E-state index contributed by atoms with van der Waals surface area (Å²) in [4.78, 5) is 8.92. The van der Waals surface area contributed by atoms with E-state index in [0.717, 1.165) is 33.2 Å². The topological polar surface area (TPSA) is 89.8 Å². The SMILES string of the molecule is Cn1cc(-c2ccnc3ccc(-c4cncc(NS(=O)(=O)c5ccccc5)c4)cc23)cn1. The molecule has 158 valence electrons. The van der Waals surface area contributed by atoms with Gasteiger partial charge in [0.2, 0.25) is 0 Å². The van der Waals surface area contributed by atoms with Gasteiger partial charge in [-0.15, -0.1) is 0 Å². The van der Waals surface area contributed by atoms with E-state index in [0.29, 0.717) is 5.69 Å². The number of sulfonamides is 1. The third kappa shape index (κ3) is 3.83. The monoisotopic (exact) mass is 441 g/mol. The fourth-order valence-corrected chi connectivity index (χ4v) is 4.66. The molecule has 0 aliphatic carbocycles. The number of fused-ring (bicyclic) bond motifs is 1. The van der Waals surface area contributed by atoms with Gasteiger partial charge in [-0.3, -0.25) is 19.4 Å². The third-order valence-electron chi connectivity index (χ3n) is 5.13. The summed E-state index contributed by atoms with van der Waals surface area (Å²) in [7, 11) is -1.82. The van der Waals surface area contributed by atoms with Crippen LogP contribution in [0.2, 0.25) is 0 Å². The van der Waals surface area contributed by atoms with Gasteiger partial charge >= 0.3 is 0 Å². The van der Waals surface area contributed by atoms with E-state index < -0.39 is 10.0 Å². The number of rotatable bonds is 5. The fraction of sp³-hybridized carbons (Fsp3) is 0.0417. The first-order valence-corrected chi connectivity index (χ1v) is 11.4. The van der Waals surface area contributed by atoms with E-state index in [1.807, 2.05) is 43.7 Å². The fourth-order valence-electron chi connectivity index (χ4n) is 3.61. The largest absolute Gasteiger partial charge is 0.278 e. The van der Waals surface area contributed by atoms with Gasteiger partial charge in [0.1, 0.15) is 0 Å². The van der Waals surface area contributed by atoms with Gasteiger partial charge < -0.3 is 0 Å². The van der Waals surface area contributed by atoms with E-state index in [2.05, 4.69) is 19.8 Å². The molecule has 0 aliphatic heterocycles. The molecule has 7 nitrogen and oxygen atoms in total. The van der Waals surface area contributed by atoms with Gasteiger partial charge in [0.05, 0.1) is 28.5 Å². The summed E-state index contributed by atoms with van der Waals surface area (Å²) < 4.78 is 29.7. The Morgan fingerprint density at radius 3 is 2.50 bits per heavy atom. The first kappa shape index (κ1) is 19.9. The smallest absolute Gasteiger partial charge is 0.261 e. The van der Waals surface area contributed by atoms with Crippen molar-refractivity contribution in [3.63, 3.8) is 0 Å². The lowest BCUT2D eigenvalue weighted by molar-refractivity contribution is 0.601. The number of nitrogens with one attached hydrogen (secondary N) is 1. The van der Waals surface area contributed by atoms with Crippen LogP contribution in [-0.4, -0.2) is 28.2 Å². The van der Waals surface area contributed by atoms with Crippen LogP contribution in [0.1, 0.15) is 0 Å². The molecule has 2 aromatic carbocycles. The summed E-state index contributed by atoms with van der Waals surface area (Å²) in [5.41, 5.74) is 4.98. The van der Waals surface area contributed by atoms with Crippen LogP contribution >= 0.6 is 0 Å². The second-order valence-corrected chi connectivity index (χ2v) is 9.06. The van der Waals surface area contributed by atoms with E-state index in [9.17, 15) is 8.42 Å². The number of hydrogen-bond acceptors (Lipinski definition) is 5. The molecule has 5 rings (SSSR count). The molecule has 0 unspecified atom stereocenters. The lowest BCUT2D eigenvalue weighted by Crippen LogP contribution is -2.12. The van der Waals surface area contributed by atoms with E-state index in [-0.39, 0.29) is 4.90 Å². The minimum absolute atomic E-state index is 0.197. The molecule has 0 saturated carbocycles. The maximum absolute atomic E-state index is 12.7. The van der Waals surface area contributed by atoms with Crippen LogP contribution in [0.25, 0.3) is 33.2 Å². The Morgan fingerprint density at radius 1 is 0.875 bits per heavy atom. The Morgan fingerprint density at radius 2 is 1.72 bits per heavy atom. The Bertz CT molecular complexity index is 1530. The van der Waals surface area contributed by atoms with Crippen LogP contribution in [0.5, 0.6) is 0 Å². The van der Waals surface area contributed by atoms with Crippen LogP contribution in [0, 0.1) is 0 Å². The number of nitrogens with zero attached hydrogens (tertiary/aromatic N) is 4. The summed E-state index contributed by atoms with van der Waals surface area (Å²) in [5, 5.41) is 5.25. The second kappa shape index (κ2) is 7.90. The Kier molecular flexibility index (Phi) is 4.91. The number of anilines is 1. The van der Waals surface area contributed by atoms with Crippen molar-refractivity contribution >= 4 is 26.6 Å². The van der Waals surface area contributed by atoms with Gasteiger partial charge in [-0.25, -0.2) is 8.42 Å². The zero-order chi connectivity index (χ0) is 22.1. The molecule has 0 bridgehead atoms. The molecule has 0 saturated heterocycles. The lowest BCUT2D eigenvalue weighted by Gasteiger charge is -2.10. The maximum Gasteiger partial charge on any atom is 0.261 e. The summed E-state index contributed by atoms with van der Waals surface area (Å²) in [5.74, 6) is 0. The van der Waals surface area contributed by atoms with Crippen molar-refractivity contribution in [2.45, 2.75) is 4.90 Å². The average molecular weight is 442 g/mol. The van der Waals surface area contributed by atoms with E-state index >= 15 is 0 Å². The van der Waals surface area contributed by atoms with Crippen LogP contribution in [0.15, 0.2) is 96.5 Å². The zero-order valence-corrected chi connectivity index (χ0v) is 18.0. The summed E-state index contributed by atoms with van der Waals surface area (Å²) in [6.45, 7) is 0. The first-order chi connectivity index (χ1) is 15.5. The van der Waals surface area contributed by atoms with Crippen molar-refractivity contribution in [1.29, 1.82) is 0 Å². The predicted molar refractivity (Wildman–Crippen MR) is 124 cm³/mol. The molecule has 5 aromatic rings. The second-order valence-electron chi connectivity index (χ2n) is 7.37. The number of aryl methyl sites for hydroxylation is 1. The maximum atomic E-state index is 12.7. The van der Waals surface area contributed by atoms with Gasteiger partial charge in [0.15, 0.2) is 0 Å². The van der Waals surface area contributed by atoms with Crippen molar-refractivity contribution in [3.05, 3.63) is 91.6 Å². The van der Waals surface area contributed by atoms with Crippen LogP contribution in [-0.2, 0) is 17.1 Å². The summed E-state index contributed by atoms with van der Waals surface area (Å²) in [6.07, 6.45) is 8.77. The van der Waals surface area contributed by atoms with Crippen molar-refractivity contribution in [3.8, 4) is 22.3 Å². The van der Waals surface area contributed by atoms with Crippen molar-refractivity contribution in [1.82, 2.24) is 19.7 Å². The minimum Gasteiger partial charge on any atom is -0.278 e.